The van der Waals surface area contributed by atoms with E-state index in [1.165, 1.54) is 41.8 Å². The topological polar surface area (TPSA) is 80.5 Å². The van der Waals surface area contributed by atoms with Gasteiger partial charge in [-0.1, -0.05) is 23.4 Å². The second kappa shape index (κ2) is 6.44. The summed E-state index contributed by atoms with van der Waals surface area (Å²) in [6.45, 7) is 1.85. The van der Waals surface area contributed by atoms with Gasteiger partial charge in [0.2, 0.25) is 5.91 Å². The van der Waals surface area contributed by atoms with Crippen molar-refractivity contribution in [3.05, 3.63) is 33.3 Å². The molecule has 2 rings (SSSR count). The van der Waals surface area contributed by atoms with Crippen LogP contribution in [0.2, 0.25) is 5.02 Å². The number of nitro benzene ring substituents is 1. The Bertz CT molecular complexity index is 608. The molecule has 1 aromatic carbocycles. The summed E-state index contributed by atoms with van der Waals surface area (Å²) in [5.41, 5.74) is 0.0699. The normalized spacial score (nSPS) is 18.1. The molecule has 112 valence electrons. The number of rotatable bonds is 4. The maximum Gasteiger partial charge on any atom is 0.294 e. The van der Waals surface area contributed by atoms with Crippen LogP contribution in [-0.4, -0.2) is 28.2 Å². The predicted molar refractivity (Wildman–Crippen MR) is 81.7 cm³/mol. The Balaban J connectivity index is 2.21. The van der Waals surface area contributed by atoms with Crippen molar-refractivity contribution in [2.75, 3.05) is 17.2 Å². The summed E-state index contributed by atoms with van der Waals surface area (Å²) in [6, 6.07) is 4.25. The van der Waals surface area contributed by atoms with Crippen LogP contribution in [-0.2, 0) is 9.59 Å². The Labute approximate surface area is 130 Å². The molecule has 1 unspecified atom stereocenters. The van der Waals surface area contributed by atoms with E-state index in [-0.39, 0.29) is 33.3 Å². The summed E-state index contributed by atoms with van der Waals surface area (Å²) in [5.74, 6) is 0.384. The van der Waals surface area contributed by atoms with E-state index in [1.54, 1.807) is 0 Å². The number of thioether (sulfide) groups is 1. The van der Waals surface area contributed by atoms with E-state index in [2.05, 4.69) is 0 Å². The zero-order chi connectivity index (χ0) is 15.6. The average molecular weight is 329 g/mol. The van der Waals surface area contributed by atoms with E-state index < -0.39 is 4.92 Å². The Morgan fingerprint density at radius 1 is 1.57 bits per heavy atom. The molecular weight excluding hydrogens is 316 g/mol. The number of benzene rings is 1. The molecule has 1 aromatic rings. The lowest BCUT2D eigenvalue weighted by Gasteiger charge is -2.16. The fourth-order valence-electron chi connectivity index (χ4n) is 2.23. The van der Waals surface area contributed by atoms with Crippen LogP contribution in [0.5, 0.6) is 0 Å². The van der Waals surface area contributed by atoms with E-state index in [9.17, 15) is 19.7 Å². The lowest BCUT2D eigenvalue weighted by Crippen LogP contribution is -2.25. The number of halogens is 1. The Morgan fingerprint density at radius 2 is 2.29 bits per heavy atom. The minimum absolute atomic E-state index is 0.00151. The van der Waals surface area contributed by atoms with Gasteiger partial charge in [-0.15, -0.1) is 0 Å². The van der Waals surface area contributed by atoms with Gasteiger partial charge < -0.3 is 4.90 Å². The molecular formula is C13H13ClN2O4S. The van der Waals surface area contributed by atoms with Crippen LogP contribution in [0, 0.1) is 16.0 Å². The van der Waals surface area contributed by atoms with E-state index in [0.717, 1.165) is 0 Å². The molecule has 0 N–H and O–H groups in total. The molecule has 0 spiro atoms. The number of hydrogen-bond acceptors (Lipinski definition) is 5. The van der Waals surface area contributed by atoms with E-state index in [0.29, 0.717) is 18.7 Å². The quantitative estimate of drug-likeness (QED) is 0.627. The fourth-order valence-corrected chi connectivity index (χ4v) is 3.09. The molecule has 1 amide bonds. The van der Waals surface area contributed by atoms with Crippen LogP contribution in [0.1, 0.15) is 13.3 Å². The minimum atomic E-state index is -0.549. The smallest absolute Gasteiger partial charge is 0.294 e. The van der Waals surface area contributed by atoms with Gasteiger partial charge in [0, 0.05) is 36.7 Å². The van der Waals surface area contributed by atoms with Crippen LogP contribution in [0.3, 0.4) is 0 Å². The van der Waals surface area contributed by atoms with Crippen LogP contribution >= 0.6 is 23.4 Å². The average Bonchev–Trinajstić information content (AvgIpc) is 2.77. The summed E-state index contributed by atoms with van der Waals surface area (Å²) in [5, 5.41) is 11.3. The van der Waals surface area contributed by atoms with Crippen LogP contribution < -0.4 is 4.90 Å². The molecule has 1 saturated heterocycles. The van der Waals surface area contributed by atoms with Gasteiger partial charge in [0.25, 0.3) is 5.69 Å². The third kappa shape index (κ3) is 3.74. The largest absolute Gasteiger partial charge is 0.306 e. The maximum atomic E-state index is 12.1. The third-order valence-electron chi connectivity index (χ3n) is 3.15. The SMILES string of the molecule is CC(=O)SCC1CC(=O)N(c2ccc(Cl)cc2[N+](=O)[O-])C1. The van der Waals surface area contributed by atoms with Crippen molar-refractivity contribution in [1.29, 1.82) is 0 Å². The second-order valence-electron chi connectivity index (χ2n) is 4.77. The number of amides is 1. The molecule has 0 aromatic heterocycles. The minimum Gasteiger partial charge on any atom is -0.306 e. The molecule has 1 atom stereocenters. The highest BCUT2D eigenvalue weighted by Crippen LogP contribution is 2.35. The summed E-state index contributed by atoms with van der Waals surface area (Å²) >= 11 is 6.94. The standard InChI is InChI=1S/C13H13ClN2O4S/c1-8(17)21-7-9-4-13(18)15(6-9)11-3-2-10(14)5-12(11)16(19)20/h2-3,5,9H,4,6-7H2,1H3. The van der Waals surface area contributed by atoms with Crippen molar-refractivity contribution >= 4 is 45.8 Å². The van der Waals surface area contributed by atoms with E-state index in [4.69, 9.17) is 11.6 Å². The zero-order valence-corrected chi connectivity index (χ0v) is 12.8. The van der Waals surface area contributed by atoms with Gasteiger partial charge in [0.1, 0.15) is 5.69 Å². The number of carbonyl (C=O) groups excluding carboxylic acids is 2. The first-order chi connectivity index (χ1) is 9.88. The Hall–Kier alpha value is -1.60. The van der Waals surface area contributed by atoms with Crippen molar-refractivity contribution in [3.63, 3.8) is 0 Å². The maximum absolute atomic E-state index is 12.1. The first kappa shape index (κ1) is 15.8. The number of anilines is 1. The summed E-state index contributed by atoms with van der Waals surface area (Å²) < 4.78 is 0. The number of nitro groups is 1. The lowest BCUT2D eigenvalue weighted by molar-refractivity contribution is -0.384. The van der Waals surface area contributed by atoms with Crippen molar-refractivity contribution in [2.45, 2.75) is 13.3 Å². The molecule has 0 aliphatic carbocycles. The fraction of sp³-hybridized carbons (Fsp3) is 0.385. The van der Waals surface area contributed by atoms with Crippen molar-refractivity contribution in [2.24, 2.45) is 5.92 Å². The Morgan fingerprint density at radius 3 is 2.90 bits per heavy atom. The second-order valence-corrected chi connectivity index (χ2v) is 6.40. The lowest BCUT2D eigenvalue weighted by atomic mass is 10.1. The van der Waals surface area contributed by atoms with Crippen LogP contribution in [0.25, 0.3) is 0 Å². The van der Waals surface area contributed by atoms with Gasteiger partial charge in [0.05, 0.1) is 4.92 Å². The molecule has 8 heteroatoms. The highest BCUT2D eigenvalue weighted by molar-refractivity contribution is 8.13. The molecule has 1 heterocycles. The summed E-state index contributed by atoms with van der Waals surface area (Å²) in [6.07, 6.45) is 0.292. The molecule has 0 bridgehead atoms. The first-order valence-corrected chi connectivity index (χ1v) is 7.62. The van der Waals surface area contributed by atoms with Gasteiger partial charge in [-0.3, -0.25) is 19.7 Å². The zero-order valence-electron chi connectivity index (χ0n) is 11.2. The molecule has 1 aliphatic rings. The number of carbonyl (C=O) groups is 2. The van der Waals surface area contributed by atoms with Crippen LogP contribution in [0.4, 0.5) is 11.4 Å². The van der Waals surface area contributed by atoms with Gasteiger partial charge in [-0.2, -0.15) is 0 Å². The van der Waals surface area contributed by atoms with Crippen molar-refractivity contribution in [3.8, 4) is 0 Å². The highest BCUT2D eigenvalue weighted by Gasteiger charge is 2.34. The van der Waals surface area contributed by atoms with Crippen molar-refractivity contribution < 1.29 is 14.5 Å². The predicted octanol–water partition coefficient (Wildman–Crippen LogP) is 2.88. The Kier molecular flexibility index (Phi) is 4.84. The van der Waals surface area contributed by atoms with Gasteiger partial charge in [-0.05, 0) is 18.1 Å². The molecule has 21 heavy (non-hydrogen) atoms. The van der Waals surface area contributed by atoms with Crippen LogP contribution in [0.15, 0.2) is 18.2 Å². The van der Waals surface area contributed by atoms with Gasteiger partial charge >= 0.3 is 0 Å². The first-order valence-electron chi connectivity index (χ1n) is 6.26. The van der Waals surface area contributed by atoms with Gasteiger partial charge in [-0.25, -0.2) is 0 Å². The monoisotopic (exact) mass is 328 g/mol. The molecule has 1 aliphatic heterocycles. The summed E-state index contributed by atoms with van der Waals surface area (Å²) in [4.78, 5) is 35.0. The van der Waals surface area contributed by atoms with E-state index >= 15 is 0 Å². The molecule has 0 radical (unpaired) electrons. The number of nitrogens with zero attached hydrogens (tertiary/aromatic N) is 2. The number of hydrogen-bond donors (Lipinski definition) is 0. The van der Waals surface area contributed by atoms with E-state index in [1.807, 2.05) is 0 Å². The highest BCUT2D eigenvalue weighted by atomic mass is 35.5. The van der Waals surface area contributed by atoms with Crippen molar-refractivity contribution in [1.82, 2.24) is 0 Å². The third-order valence-corrected chi connectivity index (χ3v) is 4.43. The molecule has 6 nitrogen and oxygen atoms in total. The van der Waals surface area contributed by atoms with Gasteiger partial charge in [0.15, 0.2) is 5.12 Å². The molecule has 0 saturated carbocycles. The molecule has 1 fully saturated rings. The summed E-state index contributed by atoms with van der Waals surface area (Å²) in [7, 11) is 0.